The van der Waals surface area contributed by atoms with E-state index in [1.165, 1.54) is 12.1 Å². The minimum atomic E-state index is -0.593. The molecule has 1 aliphatic rings. The molecule has 0 saturated carbocycles. The lowest BCUT2D eigenvalue weighted by molar-refractivity contribution is -0.120. The van der Waals surface area contributed by atoms with Gasteiger partial charge in [-0.2, -0.15) is 5.10 Å². The van der Waals surface area contributed by atoms with E-state index in [0.29, 0.717) is 22.7 Å². The van der Waals surface area contributed by atoms with Crippen molar-refractivity contribution in [2.45, 2.75) is 18.9 Å². The molecular formula is C31H26FN5O3. The third-order valence-corrected chi connectivity index (χ3v) is 7.56. The molecule has 1 saturated heterocycles. The van der Waals surface area contributed by atoms with Gasteiger partial charge in [-0.15, -0.1) is 0 Å². The van der Waals surface area contributed by atoms with Crippen LogP contribution in [-0.4, -0.2) is 33.7 Å². The van der Waals surface area contributed by atoms with Crippen molar-refractivity contribution < 1.29 is 18.7 Å². The van der Waals surface area contributed by atoms with E-state index in [4.69, 9.17) is 10.5 Å². The van der Waals surface area contributed by atoms with Crippen LogP contribution in [0.1, 0.15) is 40.5 Å². The second-order valence-corrected chi connectivity index (χ2v) is 9.82. The van der Waals surface area contributed by atoms with Crippen LogP contribution in [-0.2, 0) is 4.79 Å². The maximum absolute atomic E-state index is 14.0. The summed E-state index contributed by atoms with van der Waals surface area (Å²) in [4.78, 5) is 32.7. The summed E-state index contributed by atoms with van der Waals surface area (Å²) in [6, 6.07) is 22.2. The maximum Gasteiger partial charge on any atom is 0.250 e. The summed E-state index contributed by atoms with van der Waals surface area (Å²) in [6.07, 6.45) is 3.33. The molecule has 3 aromatic carbocycles. The second-order valence-electron chi connectivity index (χ2n) is 9.82. The first-order chi connectivity index (χ1) is 19.4. The monoisotopic (exact) mass is 535 g/mol. The molecule has 0 bridgehead atoms. The third kappa shape index (κ3) is 4.16. The molecule has 5 aromatic rings. The minimum Gasteiger partial charge on any atom is -0.497 e. The quantitative estimate of drug-likeness (QED) is 0.323. The molecule has 40 heavy (non-hydrogen) atoms. The van der Waals surface area contributed by atoms with Crippen LogP contribution < -0.4 is 15.4 Å². The van der Waals surface area contributed by atoms with Gasteiger partial charge in [0.1, 0.15) is 11.6 Å². The number of nitrogens with zero attached hydrogens (tertiary/aromatic N) is 4. The lowest BCUT2D eigenvalue weighted by Crippen LogP contribution is -2.29. The van der Waals surface area contributed by atoms with Gasteiger partial charge in [0, 0.05) is 29.1 Å². The van der Waals surface area contributed by atoms with Gasteiger partial charge < -0.3 is 15.4 Å². The molecule has 6 rings (SSSR count). The number of hydrogen-bond donors (Lipinski definition) is 1. The highest BCUT2D eigenvalue weighted by Gasteiger charge is 2.49. The second kappa shape index (κ2) is 9.92. The molecule has 2 N–H and O–H groups in total. The summed E-state index contributed by atoms with van der Waals surface area (Å²) >= 11 is 0. The number of primary amides is 1. The number of fused-ring (bicyclic) bond motifs is 1. The standard InChI is InChI=1S/C31H26FN5O3/c1-18-27(28-25(30(33)38)4-3-15-34-28)29(19-5-12-24(40-2)13-6-19)36(31(18)39)23-11-14-26-20(16-23)17-35-37(26)22-9-7-21(32)8-10-22/h3-18,27,29H,1-2H3,(H2,33,38). The molecule has 9 heteroatoms. The van der Waals surface area contributed by atoms with E-state index < -0.39 is 23.8 Å². The van der Waals surface area contributed by atoms with E-state index >= 15 is 0 Å². The molecule has 200 valence electrons. The normalized spacial score (nSPS) is 18.8. The number of benzene rings is 3. The lowest BCUT2D eigenvalue weighted by atomic mass is 9.83. The topological polar surface area (TPSA) is 103 Å². The molecule has 3 unspecified atom stereocenters. The highest BCUT2D eigenvalue weighted by molar-refractivity contribution is 6.02. The van der Waals surface area contributed by atoms with E-state index in [1.807, 2.05) is 49.4 Å². The van der Waals surface area contributed by atoms with Crippen molar-refractivity contribution in [2.75, 3.05) is 12.0 Å². The number of nitrogens with two attached hydrogens (primary N) is 1. The molecule has 2 amide bonds. The van der Waals surface area contributed by atoms with Crippen LogP contribution in [0.3, 0.4) is 0 Å². The van der Waals surface area contributed by atoms with Gasteiger partial charge in [-0.1, -0.05) is 19.1 Å². The van der Waals surface area contributed by atoms with E-state index in [9.17, 15) is 14.0 Å². The number of rotatable bonds is 6. The van der Waals surface area contributed by atoms with Gasteiger partial charge in [-0.3, -0.25) is 14.6 Å². The van der Waals surface area contributed by atoms with Crippen molar-refractivity contribution in [3.8, 4) is 11.4 Å². The largest absolute Gasteiger partial charge is 0.497 e. The van der Waals surface area contributed by atoms with Gasteiger partial charge in [0.05, 0.1) is 41.8 Å². The first-order valence-electron chi connectivity index (χ1n) is 12.8. The smallest absolute Gasteiger partial charge is 0.250 e. The predicted molar refractivity (Wildman–Crippen MR) is 149 cm³/mol. The zero-order chi connectivity index (χ0) is 28.0. The van der Waals surface area contributed by atoms with Crippen molar-refractivity contribution in [2.24, 2.45) is 11.7 Å². The average Bonchev–Trinajstić information content (AvgIpc) is 3.51. The number of amides is 2. The Kier molecular flexibility index (Phi) is 6.26. The van der Waals surface area contributed by atoms with Gasteiger partial charge in [0.15, 0.2) is 0 Å². The number of pyridine rings is 1. The number of carbonyl (C=O) groups is 2. The van der Waals surface area contributed by atoms with Crippen molar-refractivity contribution in [3.05, 3.63) is 114 Å². The number of carbonyl (C=O) groups excluding carboxylic acids is 2. The number of halogens is 1. The summed E-state index contributed by atoms with van der Waals surface area (Å²) in [5.74, 6) is -1.26. The Hall–Kier alpha value is -5.05. The summed E-state index contributed by atoms with van der Waals surface area (Å²) < 4.78 is 20.6. The van der Waals surface area contributed by atoms with Crippen molar-refractivity contribution in [3.63, 3.8) is 0 Å². The molecule has 1 aliphatic heterocycles. The molecule has 8 nitrogen and oxygen atoms in total. The number of methoxy groups -OCH3 is 1. The van der Waals surface area contributed by atoms with Crippen LogP contribution >= 0.6 is 0 Å². The highest BCUT2D eigenvalue weighted by atomic mass is 19.1. The number of anilines is 1. The van der Waals surface area contributed by atoms with E-state index in [-0.39, 0.29) is 11.7 Å². The predicted octanol–water partition coefficient (Wildman–Crippen LogP) is 5.17. The van der Waals surface area contributed by atoms with Crippen LogP contribution in [0.4, 0.5) is 10.1 Å². The first-order valence-corrected chi connectivity index (χ1v) is 12.8. The number of aromatic nitrogens is 3. The van der Waals surface area contributed by atoms with Crippen molar-refractivity contribution in [1.29, 1.82) is 0 Å². The molecule has 0 aliphatic carbocycles. The molecule has 2 aromatic heterocycles. The Balaban J connectivity index is 1.49. The van der Waals surface area contributed by atoms with Crippen LogP contribution in [0, 0.1) is 11.7 Å². The van der Waals surface area contributed by atoms with Crippen LogP contribution in [0.5, 0.6) is 5.75 Å². The third-order valence-electron chi connectivity index (χ3n) is 7.56. The van der Waals surface area contributed by atoms with Gasteiger partial charge in [0.2, 0.25) is 5.91 Å². The fourth-order valence-corrected chi connectivity index (χ4v) is 5.63. The van der Waals surface area contributed by atoms with Crippen molar-refractivity contribution >= 4 is 28.4 Å². The van der Waals surface area contributed by atoms with E-state index in [2.05, 4.69) is 10.1 Å². The average molecular weight is 536 g/mol. The van der Waals surface area contributed by atoms with Crippen molar-refractivity contribution in [1.82, 2.24) is 14.8 Å². The summed E-state index contributed by atoms with van der Waals surface area (Å²) in [5, 5.41) is 5.32. The molecule has 3 heterocycles. The Morgan fingerprint density at radius 2 is 1.73 bits per heavy atom. The van der Waals surface area contributed by atoms with E-state index in [1.54, 1.807) is 53.4 Å². The minimum absolute atomic E-state index is 0.0998. The Morgan fingerprint density at radius 3 is 2.42 bits per heavy atom. The SMILES string of the molecule is COc1ccc(C2C(c3ncccc3C(N)=O)C(C)C(=O)N2c2ccc3c(cnn3-c3ccc(F)cc3)c2)cc1. The Morgan fingerprint density at radius 1 is 1.00 bits per heavy atom. The fraction of sp³-hybridized carbons (Fsp3) is 0.161. The van der Waals surface area contributed by atoms with Gasteiger partial charge in [-0.25, -0.2) is 9.07 Å². The zero-order valence-electron chi connectivity index (χ0n) is 21.9. The first kappa shape index (κ1) is 25.2. The Labute approximate surface area is 229 Å². The van der Waals surface area contributed by atoms with Crippen LogP contribution in [0.25, 0.3) is 16.6 Å². The highest BCUT2D eigenvalue weighted by Crippen LogP contribution is 2.50. The van der Waals surface area contributed by atoms with Gasteiger partial charge in [0.25, 0.3) is 5.91 Å². The van der Waals surface area contributed by atoms with Crippen LogP contribution in [0.2, 0.25) is 0 Å². The maximum atomic E-state index is 14.0. The summed E-state index contributed by atoms with van der Waals surface area (Å²) in [6.45, 7) is 1.86. The van der Waals surface area contributed by atoms with Gasteiger partial charge in [-0.05, 0) is 72.3 Å². The number of ether oxygens (including phenoxy) is 1. The summed E-state index contributed by atoms with van der Waals surface area (Å²) in [7, 11) is 1.60. The fourth-order valence-electron chi connectivity index (χ4n) is 5.63. The van der Waals surface area contributed by atoms with E-state index in [0.717, 1.165) is 22.2 Å². The molecule has 1 fully saturated rings. The molecule has 0 radical (unpaired) electrons. The number of hydrogen-bond acceptors (Lipinski definition) is 5. The summed E-state index contributed by atoms with van der Waals surface area (Å²) in [5.41, 5.74) is 9.60. The van der Waals surface area contributed by atoms with Crippen LogP contribution in [0.15, 0.2) is 91.3 Å². The lowest BCUT2D eigenvalue weighted by Gasteiger charge is -2.29. The van der Waals surface area contributed by atoms with Gasteiger partial charge >= 0.3 is 0 Å². The Bertz CT molecular complexity index is 1730. The molecule has 0 spiro atoms. The zero-order valence-corrected chi connectivity index (χ0v) is 21.9. The molecule has 3 atom stereocenters. The molecular weight excluding hydrogens is 509 g/mol.